The second-order valence-electron chi connectivity index (χ2n) is 4.67. The normalized spacial score (nSPS) is 13.2. The summed E-state index contributed by atoms with van der Waals surface area (Å²) in [5, 5.41) is 0. The van der Waals surface area contributed by atoms with Crippen molar-refractivity contribution >= 4 is 21.6 Å². The van der Waals surface area contributed by atoms with Gasteiger partial charge in [0.05, 0.1) is 4.90 Å². The standard InChI is InChI=1S/C15H17NO2S2/c1-11(16)14-5-3-4-6-15(14)19-12-7-9-13(10-8-12)20(2,17)18/h3-11H,16H2,1-2H3. The average Bonchev–Trinajstić information content (AvgIpc) is 2.38. The van der Waals surface area contributed by atoms with Gasteiger partial charge in [-0.25, -0.2) is 8.42 Å². The highest BCUT2D eigenvalue weighted by molar-refractivity contribution is 7.99. The van der Waals surface area contributed by atoms with Crippen LogP contribution in [0.15, 0.2) is 63.2 Å². The Labute approximate surface area is 124 Å². The lowest BCUT2D eigenvalue weighted by Crippen LogP contribution is -2.05. The molecule has 0 aliphatic heterocycles. The van der Waals surface area contributed by atoms with Crippen molar-refractivity contribution < 1.29 is 8.42 Å². The zero-order valence-electron chi connectivity index (χ0n) is 11.4. The van der Waals surface area contributed by atoms with Gasteiger partial charge in [-0.3, -0.25) is 0 Å². The van der Waals surface area contributed by atoms with E-state index in [4.69, 9.17) is 5.73 Å². The molecule has 5 heteroatoms. The Hall–Kier alpha value is -1.30. The number of nitrogens with two attached hydrogens (primary N) is 1. The fraction of sp³-hybridized carbons (Fsp3) is 0.200. The van der Waals surface area contributed by atoms with E-state index in [0.29, 0.717) is 4.90 Å². The van der Waals surface area contributed by atoms with Crippen molar-refractivity contribution in [2.45, 2.75) is 27.7 Å². The molecule has 0 aliphatic carbocycles. The second kappa shape index (κ2) is 5.99. The molecule has 3 nitrogen and oxygen atoms in total. The topological polar surface area (TPSA) is 60.2 Å². The number of hydrogen-bond acceptors (Lipinski definition) is 4. The van der Waals surface area contributed by atoms with Crippen LogP contribution in [0, 0.1) is 0 Å². The van der Waals surface area contributed by atoms with Crippen LogP contribution in [0.25, 0.3) is 0 Å². The third-order valence-corrected chi connectivity index (χ3v) is 5.12. The first-order valence-corrected chi connectivity index (χ1v) is 8.91. The number of benzene rings is 2. The molecule has 0 aliphatic rings. The van der Waals surface area contributed by atoms with E-state index < -0.39 is 9.84 Å². The van der Waals surface area contributed by atoms with Crippen LogP contribution in [0.2, 0.25) is 0 Å². The van der Waals surface area contributed by atoms with Gasteiger partial charge in [0.2, 0.25) is 0 Å². The van der Waals surface area contributed by atoms with Crippen molar-refractivity contribution in [2.75, 3.05) is 6.26 Å². The highest BCUT2D eigenvalue weighted by Crippen LogP contribution is 2.33. The molecule has 20 heavy (non-hydrogen) atoms. The Kier molecular flexibility index (Phi) is 4.52. The molecule has 0 amide bonds. The van der Waals surface area contributed by atoms with E-state index in [1.165, 1.54) is 6.26 Å². The molecule has 0 saturated carbocycles. The lowest BCUT2D eigenvalue weighted by Gasteiger charge is -2.12. The first-order valence-electron chi connectivity index (χ1n) is 6.20. The average molecular weight is 307 g/mol. The summed E-state index contributed by atoms with van der Waals surface area (Å²) in [5.41, 5.74) is 7.04. The van der Waals surface area contributed by atoms with Gasteiger partial charge in [-0.1, -0.05) is 30.0 Å². The summed E-state index contributed by atoms with van der Waals surface area (Å²) in [6.07, 6.45) is 1.21. The predicted octanol–water partition coefficient (Wildman–Crippen LogP) is 3.26. The van der Waals surface area contributed by atoms with Gasteiger partial charge in [-0.15, -0.1) is 0 Å². The minimum absolute atomic E-state index is 0.0333. The maximum atomic E-state index is 11.4. The number of sulfone groups is 1. The van der Waals surface area contributed by atoms with Crippen molar-refractivity contribution in [3.8, 4) is 0 Å². The second-order valence-corrected chi connectivity index (χ2v) is 7.80. The van der Waals surface area contributed by atoms with E-state index in [0.717, 1.165) is 15.4 Å². The van der Waals surface area contributed by atoms with Crippen LogP contribution >= 0.6 is 11.8 Å². The van der Waals surface area contributed by atoms with Crippen molar-refractivity contribution in [1.29, 1.82) is 0 Å². The molecule has 2 aromatic carbocycles. The first kappa shape index (κ1) is 15.1. The summed E-state index contributed by atoms with van der Waals surface area (Å²) in [6.45, 7) is 1.95. The molecule has 0 saturated heterocycles. The molecular weight excluding hydrogens is 290 g/mol. The molecule has 0 aromatic heterocycles. The number of rotatable bonds is 4. The molecule has 2 N–H and O–H groups in total. The minimum atomic E-state index is -3.14. The van der Waals surface area contributed by atoms with Crippen LogP contribution in [-0.2, 0) is 9.84 Å². The van der Waals surface area contributed by atoms with Gasteiger partial charge in [0.25, 0.3) is 0 Å². The van der Waals surface area contributed by atoms with Crippen LogP contribution in [-0.4, -0.2) is 14.7 Å². The zero-order valence-corrected chi connectivity index (χ0v) is 13.0. The largest absolute Gasteiger partial charge is 0.324 e. The van der Waals surface area contributed by atoms with Gasteiger partial charge in [0, 0.05) is 22.1 Å². The SMILES string of the molecule is CC(N)c1ccccc1Sc1ccc(S(C)(=O)=O)cc1. The summed E-state index contributed by atoms with van der Waals surface area (Å²) in [4.78, 5) is 2.42. The Morgan fingerprint density at radius 3 is 2.20 bits per heavy atom. The summed E-state index contributed by atoms with van der Waals surface area (Å²) >= 11 is 1.59. The van der Waals surface area contributed by atoms with Crippen LogP contribution < -0.4 is 5.73 Å². The van der Waals surface area contributed by atoms with Crippen molar-refractivity contribution in [3.05, 3.63) is 54.1 Å². The molecule has 0 radical (unpaired) electrons. The molecule has 2 rings (SSSR count). The summed E-state index contributed by atoms with van der Waals surface area (Å²) in [5.74, 6) is 0. The molecule has 1 unspecified atom stereocenters. The highest BCUT2D eigenvalue weighted by atomic mass is 32.2. The minimum Gasteiger partial charge on any atom is -0.324 e. The highest BCUT2D eigenvalue weighted by Gasteiger charge is 2.09. The predicted molar refractivity (Wildman–Crippen MR) is 82.7 cm³/mol. The summed E-state index contributed by atoms with van der Waals surface area (Å²) in [7, 11) is -3.14. The molecule has 0 spiro atoms. The van der Waals surface area contributed by atoms with Gasteiger partial charge >= 0.3 is 0 Å². The zero-order chi connectivity index (χ0) is 14.8. The summed E-state index contributed by atoms with van der Waals surface area (Å²) in [6, 6.07) is 14.8. The van der Waals surface area contributed by atoms with Gasteiger partial charge < -0.3 is 5.73 Å². The molecule has 0 heterocycles. The Morgan fingerprint density at radius 2 is 1.65 bits per heavy atom. The van der Waals surface area contributed by atoms with E-state index in [2.05, 4.69) is 0 Å². The molecular formula is C15H17NO2S2. The van der Waals surface area contributed by atoms with Crippen LogP contribution in [0.4, 0.5) is 0 Å². The quantitative estimate of drug-likeness (QED) is 0.942. The van der Waals surface area contributed by atoms with Crippen LogP contribution in [0.5, 0.6) is 0 Å². The lowest BCUT2D eigenvalue weighted by molar-refractivity contribution is 0.602. The van der Waals surface area contributed by atoms with E-state index in [9.17, 15) is 8.42 Å². The van der Waals surface area contributed by atoms with Gasteiger partial charge in [0.15, 0.2) is 9.84 Å². The fourth-order valence-electron chi connectivity index (χ4n) is 1.83. The monoisotopic (exact) mass is 307 g/mol. The molecule has 2 aromatic rings. The van der Waals surface area contributed by atoms with E-state index in [1.807, 2.05) is 43.3 Å². The Morgan fingerprint density at radius 1 is 1.05 bits per heavy atom. The maximum Gasteiger partial charge on any atom is 0.175 e. The smallest absolute Gasteiger partial charge is 0.175 e. The maximum absolute atomic E-state index is 11.4. The van der Waals surface area contributed by atoms with Crippen molar-refractivity contribution in [2.24, 2.45) is 5.73 Å². The van der Waals surface area contributed by atoms with Gasteiger partial charge in [0.1, 0.15) is 0 Å². The van der Waals surface area contributed by atoms with Gasteiger partial charge in [-0.05, 0) is 42.8 Å². The fourth-order valence-corrected chi connectivity index (χ4v) is 3.51. The molecule has 106 valence electrons. The third-order valence-electron chi connectivity index (χ3n) is 2.89. The number of hydrogen-bond donors (Lipinski definition) is 1. The lowest BCUT2D eigenvalue weighted by atomic mass is 10.1. The van der Waals surface area contributed by atoms with Gasteiger partial charge in [-0.2, -0.15) is 0 Å². The molecule has 1 atom stereocenters. The van der Waals surface area contributed by atoms with Crippen molar-refractivity contribution in [1.82, 2.24) is 0 Å². The third kappa shape index (κ3) is 3.62. The first-order chi connectivity index (χ1) is 9.38. The van der Waals surface area contributed by atoms with E-state index in [-0.39, 0.29) is 6.04 Å². The van der Waals surface area contributed by atoms with Crippen LogP contribution in [0.1, 0.15) is 18.5 Å². The molecule has 0 bridgehead atoms. The Balaban J connectivity index is 2.27. The Bertz CT molecular complexity index is 692. The van der Waals surface area contributed by atoms with E-state index in [1.54, 1.807) is 23.9 Å². The van der Waals surface area contributed by atoms with E-state index >= 15 is 0 Å². The van der Waals surface area contributed by atoms with Crippen molar-refractivity contribution in [3.63, 3.8) is 0 Å². The summed E-state index contributed by atoms with van der Waals surface area (Å²) < 4.78 is 22.8. The van der Waals surface area contributed by atoms with Crippen LogP contribution in [0.3, 0.4) is 0 Å². The molecule has 0 fully saturated rings.